The van der Waals surface area contributed by atoms with Crippen LogP contribution in [0.4, 0.5) is 5.69 Å². The van der Waals surface area contributed by atoms with Crippen LogP contribution in [0.2, 0.25) is 0 Å². The molecule has 1 aromatic rings. The first-order valence-electron chi connectivity index (χ1n) is 7.49. The summed E-state index contributed by atoms with van der Waals surface area (Å²) in [5, 5.41) is 0. The zero-order valence-electron chi connectivity index (χ0n) is 12.6. The Morgan fingerprint density at radius 2 is 1.86 bits per heavy atom. The minimum absolute atomic E-state index is 0.188. The van der Waals surface area contributed by atoms with Gasteiger partial charge in [-0.05, 0) is 32.0 Å². The molecular formula is C15H24N2O3S. The Morgan fingerprint density at radius 3 is 2.48 bits per heavy atom. The highest BCUT2D eigenvalue weighted by Gasteiger charge is 2.21. The van der Waals surface area contributed by atoms with Gasteiger partial charge in [-0.1, -0.05) is 18.2 Å². The number of morpholine rings is 1. The normalized spacial score (nSPS) is 16.8. The molecule has 5 nitrogen and oxygen atoms in total. The van der Waals surface area contributed by atoms with Crippen molar-refractivity contribution in [3.05, 3.63) is 30.3 Å². The Bertz CT molecular complexity index is 513. The van der Waals surface area contributed by atoms with Crippen molar-refractivity contribution in [1.29, 1.82) is 0 Å². The molecule has 0 saturated carbocycles. The Hall–Kier alpha value is -1.11. The number of hydrogen-bond acceptors (Lipinski definition) is 4. The fourth-order valence-corrected chi connectivity index (χ4v) is 4.09. The summed E-state index contributed by atoms with van der Waals surface area (Å²) >= 11 is 0. The number of rotatable bonds is 7. The van der Waals surface area contributed by atoms with Gasteiger partial charge in [0.25, 0.3) is 0 Å². The molecule has 0 bridgehead atoms. The van der Waals surface area contributed by atoms with E-state index in [4.69, 9.17) is 4.74 Å². The van der Waals surface area contributed by atoms with E-state index in [1.807, 2.05) is 37.3 Å². The molecule has 0 amide bonds. The smallest absolute Gasteiger partial charge is 0.235 e. The third-order valence-corrected chi connectivity index (χ3v) is 5.59. The second-order valence-corrected chi connectivity index (χ2v) is 7.14. The van der Waals surface area contributed by atoms with Gasteiger partial charge in [0.2, 0.25) is 10.0 Å². The largest absolute Gasteiger partial charge is 0.379 e. The fourth-order valence-electron chi connectivity index (χ4n) is 2.54. The maximum atomic E-state index is 12.5. The summed E-state index contributed by atoms with van der Waals surface area (Å²) in [7, 11) is -3.25. The van der Waals surface area contributed by atoms with Crippen LogP contribution in [0.5, 0.6) is 0 Å². The molecule has 0 spiro atoms. The van der Waals surface area contributed by atoms with E-state index in [1.165, 1.54) is 4.31 Å². The van der Waals surface area contributed by atoms with E-state index in [0.717, 1.165) is 38.5 Å². The van der Waals surface area contributed by atoms with Gasteiger partial charge in [-0.3, -0.25) is 9.21 Å². The van der Waals surface area contributed by atoms with Gasteiger partial charge in [0.05, 0.1) is 24.7 Å². The molecule has 0 radical (unpaired) electrons. The van der Waals surface area contributed by atoms with Crippen LogP contribution in [0.25, 0.3) is 0 Å². The summed E-state index contributed by atoms with van der Waals surface area (Å²) in [5.41, 5.74) is 0.742. The second-order valence-electron chi connectivity index (χ2n) is 5.12. The molecule has 1 aliphatic rings. The lowest BCUT2D eigenvalue weighted by molar-refractivity contribution is 0.0381. The first kappa shape index (κ1) is 16.3. The van der Waals surface area contributed by atoms with Crippen LogP contribution in [0.3, 0.4) is 0 Å². The molecule has 2 rings (SSSR count). The topological polar surface area (TPSA) is 49.9 Å². The van der Waals surface area contributed by atoms with Crippen LogP contribution in [-0.2, 0) is 14.8 Å². The van der Waals surface area contributed by atoms with E-state index >= 15 is 0 Å². The summed E-state index contributed by atoms with van der Waals surface area (Å²) in [6, 6.07) is 9.29. The molecule has 1 aromatic carbocycles. The molecule has 1 fully saturated rings. The van der Waals surface area contributed by atoms with Crippen molar-refractivity contribution >= 4 is 15.7 Å². The molecule has 1 aliphatic heterocycles. The molecule has 0 atom stereocenters. The third-order valence-electron chi connectivity index (χ3n) is 3.65. The molecule has 0 N–H and O–H groups in total. The molecule has 0 unspecified atom stereocenters. The molecule has 21 heavy (non-hydrogen) atoms. The highest BCUT2D eigenvalue weighted by molar-refractivity contribution is 7.92. The summed E-state index contributed by atoms with van der Waals surface area (Å²) in [5.74, 6) is 0.188. The van der Waals surface area contributed by atoms with E-state index in [9.17, 15) is 8.42 Å². The lowest BCUT2D eigenvalue weighted by Crippen LogP contribution is -2.38. The SMILES string of the molecule is CCN(c1ccccc1)S(=O)(=O)CCCN1CCOCC1. The Kier molecular flexibility index (Phi) is 6.02. The van der Waals surface area contributed by atoms with E-state index in [2.05, 4.69) is 4.90 Å². The molecule has 0 aliphatic carbocycles. The number of para-hydroxylation sites is 1. The number of anilines is 1. The maximum Gasteiger partial charge on any atom is 0.235 e. The Labute approximate surface area is 127 Å². The van der Waals surface area contributed by atoms with E-state index in [0.29, 0.717) is 13.0 Å². The zero-order valence-corrected chi connectivity index (χ0v) is 13.4. The first-order valence-corrected chi connectivity index (χ1v) is 9.10. The van der Waals surface area contributed by atoms with Gasteiger partial charge in [0.15, 0.2) is 0 Å². The minimum atomic E-state index is -3.25. The average molecular weight is 312 g/mol. The number of sulfonamides is 1. The molecular weight excluding hydrogens is 288 g/mol. The number of nitrogens with zero attached hydrogens (tertiary/aromatic N) is 2. The maximum absolute atomic E-state index is 12.5. The Morgan fingerprint density at radius 1 is 1.19 bits per heavy atom. The molecule has 1 saturated heterocycles. The summed E-state index contributed by atoms with van der Waals surface area (Å²) in [6.07, 6.45) is 0.658. The van der Waals surface area contributed by atoms with Gasteiger partial charge in [0, 0.05) is 19.6 Å². The van der Waals surface area contributed by atoms with Crippen LogP contribution in [0.15, 0.2) is 30.3 Å². The van der Waals surface area contributed by atoms with Gasteiger partial charge in [-0.2, -0.15) is 0 Å². The summed E-state index contributed by atoms with van der Waals surface area (Å²) < 4.78 is 31.8. The van der Waals surface area contributed by atoms with Gasteiger partial charge in [-0.25, -0.2) is 8.42 Å². The summed E-state index contributed by atoms with van der Waals surface area (Å²) in [6.45, 7) is 6.44. The van der Waals surface area contributed by atoms with Crippen molar-refractivity contribution in [2.24, 2.45) is 0 Å². The van der Waals surface area contributed by atoms with E-state index in [1.54, 1.807) is 0 Å². The predicted molar refractivity (Wildman–Crippen MR) is 85.1 cm³/mol. The van der Waals surface area contributed by atoms with Crippen molar-refractivity contribution in [1.82, 2.24) is 4.90 Å². The fraction of sp³-hybridized carbons (Fsp3) is 0.600. The van der Waals surface area contributed by atoms with Crippen molar-refractivity contribution in [2.75, 3.05) is 49.5 Å². The molecule has 6 heteroatoms. The minimum Gasteiger partial charge on any atom is -0.379 e. The first-order chi connectivity index (χ1) is 10.1. The zero-order chi connectivity index (χ0) is 15.1. The van der Waals surface area contributed by atoms with Crippen LogP contribution in [0, 0.1) is 0 Å². The van der Waals surface area contributed by atoms with Crippen molar-refractivity contribution in [3.8, 4) is 0 Å². The standard InChI is InChI=1S/C15H24N2O3S/c1-2-17(15-7-4-3-5-8-15)21(18,19)14-6-9-16-10-12-20-13-11-16/h3-5,7-8H,2,6,9-14H2,1H3. The highest BCUT2D eigenvalue weighted by atomic mass is 32.2. The second kappa shape index (κ2) is 7.77. The van der Waals surface area contributed by atoms with Crippen molar-refractivity contribution in [2.45, 2.75) is 13.3 Å². The third kappa shape index (κ3) is 4.69. The van der Waals surface area contributed by atoms with Gasteiger partial charge in [0.1, 0.15) is 0 Å². The van der Waals surface area contributed by atoms with Gasteiger partial charge >= 0.3 is 0 Å². The van der Waals surface area contributed by atoms with Crippen molar-refractivity contribution in [3.63, 3.8) is 0 Å². The van der Waals surface area contributed by atoms with Gasteiger partial charge < -0.3 is 4.74 Å². The van der Waals surface area contributed by atoms with E-state index < -0.39 is 10.0 Å². The van der Waals surface area contributed by atoms with E-state index in [-0.39, 0.29) is 5.75 Å². The predicted octanol–water partition coefficient (Wildman–Crippen LogP) is 1.56. The number of hydrogen-bond donors (Lipinski definition) is 0. The molecule has 0 aromatic heterocycles. The van der Waals surface area contributed by atoms with Crippen LogP contribution >= 0.6 is 0 Å². The van der Waals surface area contributed by atoms with Crippen LogP contribution in [0.1, 0.15) is 13.3 Å². The quantitative estimate of drug-likeness (QED) is 0.767. The average Bonchev–Trinajstić information content (AvgIpc) is 2.49. The molecule has 118 valence electrons. The lowest BCUT2D eigenvalue weighted by Gasteiger charge is -2.27. The monoisotopic (exact) mass is 312 g/mol. The molecule has 1 heterocycles. The van der Waals surface area contributed by atoms with Crippen LogP contribution in [-0.4, -0.2) is 58.5 Å². The summed E-state index contributed by atoms with van der Waals surface area (Å²) in [4.78, 5) is 2.26. The van der Waals surface area contributed by atoms with Gasteiger partial charge in [-0.15, -0.1) is 0 Å². The lowest BCUT2D eigenvalue weighted by atomic mass is 10.3. The number of ether oxygens (including phenoxy) is 1. The number of benzene rings is 1. The van der Waals surface area contributed by atoms with Crippen molar-refractivity contribution < 1.29 is 13.2 Å². The highest BCUT2D eigenvalue weighted by Crippen LogP contribution is 2.18. The van der Waals surface area contributed by atoms with Crippen LogP contribution < -0.4 is 4.31 Å². The Balaban J connectivity index is 1.90.